The van der Waals surface area contributed by atoms with Gasteiger partial charge in [0.2, 0.25) is 0 Å². The highest BCUT2D eigenvalue weighted by molar-refractivity contribution is 5.50. The van der Waals surface area contributed by atoms with E-state index in [1.807, 2.05) is 6.07 Å². The van der Waals surface area contributed by atoms with Crippen molar-refractivity contribution in [1.29, 1.82) is 5.26 Å². The van der Waals surface area contributed by atoms with Crippen LogP contribution in [0.15, 0.2) is 24.8 Å². The van der Waals surface area contributed by atoms with E-state index in [1.54, 1.807) is 0 Å². The first kappa shape index (κ1) is 11.3. The lowest BCUT2D eigenvalue weighted by Crippen LogP contribution is -2.06. The molecule has 0 atom stereocenters. The summed E-state index contributed by atoms with van der Waals surface area (Å²) in [5, 5.41) is 8.42. The summed E-state index contributed by atoms with van der Waals surface area (Å²) in [5.41, 5.74) is -0.0255. The molecule has 1 nitrogen and oxygen atoms in total. The van der Waals surface area contributed by atoms with Crippen LogP contribution < -0.4 is 0 Å². The summed E-state index contributed by atoms with van der Waals surface area (Å²) in [6.45, 7) is 3.41. The lowest BCUT2D eigenvalue weighted by atomic mass is 10.0. The van der Waals surface area contributed by atoms with E-state index in [0.29, 0.717) is 11.1 Å². The Bertz CT molecular complexity index is 413. The summed E-state index contributed by atoms with van der Waals surface area (Å²) in [6.07, 6.45) is -3.09. The second-order valence-electron chi connectivity index (χ2n) is 3.00. The highest BCUT2D eigenvalue weighted by Gasteiger charge is 2.30. The highest BCUT2D eigenvalue weighted by atomic mass is 19.4. The Labute approximate surface area is 85.5 Å². The molecule has 0 amide bonds. The molecule has 0 saturated carbocycles. The molecule has 0 fully saturated rings. The largest absolute Gasteiger partial charge is 0.416 e. The van der Waals surface area contributed by atoms with Gasteiger partial charge < -0.3 is 0 Å². The maximum absolute atomic E-state index is 12.4. The molecular weight excluding hydrogens is 203 g/mol. The second-order valence-corrected chi connectivity index (χ2v) is 3.00. The number of hydrogen-bond acceptors (Lipinski definition) is 1. The van der Waals surface area contributed by atoms with Crippen LogP contribution in [0.25, 0.3) is 6.08 Å². The van der Waals surface area contributed by atoms with Crippen LogP contribution in [0.1, 0.15) is 16.7 Å². The predicted molar refractivity (Wildman–Crippen MR) is 50.9 cm³/mol. The molecule has 0 unspecified atom stereocenters. The van der Waals surface area contributed by atoms with Gasteiger partial charge in [-0.25, -0.2) is 0 Å². The van der Waals surface area contributed by atoms with Gasteiger partial charge in [-0.15, -0.1) is 0 Å². The van der Waals surface area contributed by atoms with Crippen molar-refractivity contribution < 1.29 is 13.2 Å². The summed E-state index contributed by atoms with van der Waals surface area (Å²) < 4.78 is 37.2. The van der Waals surface area contributed by atoms with E-state index in [-0.39, 0.29) is 6.42 Å². The third-order valence-corrected chi connectivity index (χ3v) is 1.86. The quantitative estimate of drug-likeness (QED) is 0.735. The van der Waals surface area contributed by atoms with Gasteiger partial charge in [0.15, 0.2) is 0 Å². The van der Waals surface area contributed by atoms with Crippen LogP contribution in [-0.2, 0) is 12.6 Å². The van der Waals surface area contributed by atoms with Gasteiger partial charge in [0.1, 0.15) is 0 Å². The van der Waals surface area contributed by atoms with Crippen LogP contribution >= 0.6 is 0 Å². The van der Waals surface area contributed by atoms with Gasteiger partial charge in [-0.05, 0) is 23.3 Å². The molecule has 1 aromatic carbocycles. The van der Waals surface area contributed by atoms with E-state index in [9.17, 15) is 13.2 Å². The molecule has 0 aliphatic carbocycles. The fraction of sp³-hybridized carbons (Fsp3) is 0.182. The normalized spacial score (nSPS) is 10.8. The number of halogens is 3. The first-order chi connectivity index (χ1) is 6.97. The number of benzene rings is 1. The summed E-state index contributed by atoms with van der Waals surface area (Å²) in [5.74, 6) is 0. The first-order valence-electron chi connectivity index (χ1n) is 4.18. The highest BCUT2D eigenvalue weighted by Crippen LogP contribution is 2.31. The Morgan fingerprint density at radius 3 is 2.47 bits per heavy atom. The maximum atomic E-state index is 12.4. The van der Waals surface area contributed by atoms with Crippen LogP contribution in [0.2, 0.25) is 0 Å². The minimum atomic E-state index is -4.39. The molecule has 0 bridgehead atoms. The molecule has 0 saturated heterocycles. The van der Waals surface area contributed by atoms with Gasteiger partial charge in [0.05, 0.1) is 18.1 Å². The van der Waals surface area contributed by atoms with Crippen LogP contribution in [0, 0.1) is 11.3 Å². The fourth-order valence-corrected chi connectivity index (χ4v) is 1.19. The average Bonchev–Trinajstić information content (AvgIpc) is 2.16. The summed E-state index contributed by atoms with van der Waals surface area (Å²) in [6, 6.07) is 5.32. The van der Waals surface area contributed by atoms with Crippen molar-refractivity contribution in [2.75, 3.05) is 0 Å². The van der Waals surface area contributed by atoms with E-state index >= 15 is 0 Å². The Morgan fingerprint density at radius 2 is 2.00 bits per heavy atom. The monoisotopic (exact) mass is 211 g/mol. The lowest BCUT2D eigenvalue weighted by molar-refractivity contribution is -0.137. The maximum Gasteiger partial charge on any atom is 0.416 e. The van der Waals surface area contributed by atoms with E-state index in [4.69, 9.17) is 5.26 Å². The first-order valence-corrected chi connectivity index (χ1v) is 4.18. The van der Waals surface area contributed by atoms with Gasteiger partial charge in [0, 0.05) is 0 Å². The third kappa shape index (κ3) is 2.84. The molecule has 1 aromatic rings. The van der Waals surface area contributed by atoms with Gasteiger partial charge in [-0.1, -0.05) is 18.7 Å². The van der Waals surface area contributed by atoms with E-state index in [1.165, 1.54) is 12.1 Å². The molecule has 0 spiro atoms. The molecule has 0 heterocycles. The molecule has 0 N–H and O–H groups in total. The van der Waals surface area contributed by atoms with Gasteiger partial charge in [-0.3, -0.25) is 0 Å². The Morgan fingerprint density at radius 1 is 1.33 bits per heavy atom. The zero-order chi connectivity index (χ0) is 11.5. The molecule has 0 aromatic heterocycles. The van der Waals surface area contributed by atoms with Crippen molar-refractivity contribution in [1.82, 2.24) is 0 Å². The SMILES string of the molecule is C=Cc1cc(CC#N)cc(C(F)(F)F)c1. The van der Waals surface area contributed by atoms with E-state index in [0.717, 1.165) is 12.1 Å². The molecule has 78 valence electrons. The van der Waals surface area contributed by atoms with Crippen LogP contribution in [0.4, 0.5) is 13.2 Å². The molecule has 4 heteroatoms. The number of alkyl halides is 3. The fourth-order valence-electron chi connectivity index (χ4n) is 1.19. The summed E-state index contributed by atoms with van der Waals surface area (Å²) >= 11 is 0. The predicted octanol–water partition coefficient (Wildman–Crippen LogP) is 3.41. The smallest absolute Gasteiger partial charge is 0.198 e. The minimum Gasteiger partial charge on any atom is -0.198 e. The number of hydrogen-bond donors (Lipinski definition) is 0. The molecule has 0 aliphatic heterocycles. The van der Waals surface area contributed by atoms with E-state index < -0.39 is 11.7 Å². The van der Waals surface area contributed by atoms with Crippen molar-refractivity contribution >= 4 is 6.08 Å². The number of nitriles is 1. The number of nitrogens with zero attached hydrogens (tertiary/aromatic N) is 1. The molecule has 0 radical (unpaired) electrons. The topological polar surface area (TPSA) is 23.8 Å². The molecule has 15 heavy (non-hydrogen) atoms. The van der Waals surface area contributed by atoms with Crippen molar-refractivity contribution in [2.24, 2.45) is 0 Å². The van der Waals surface area contributed by atoms with Crippen LogP contribution in [0.3, 0.4) is 0 Å². The van der Waals surface area contributed by atoms with Gasteiger partial charge in [-0.2, -0.15) is 18.4 Å². The molecule has 0 aliphatic rings. The van der Waals surface area contributed by atoms with Crippen molar-refractivity contribution in [3.8, 4) is 6.07 Å². The number of rotatable bonds is 2. The van der Waals surface area contributed by atoms with Crippen molar-refractivity contribution in [2.45, 2.75) is 12.6 Å². The Balaban J connectivity index is 3.24. The third-order valence-electron chi connectivity index (χ3n) is 1.86. The van der Waals surface area contributed by atoms with E-state index in [2.05, 4.69) is 6.58 Å². The van der Waals surface area contributed by atoms with Gasteiger partial charge >= 0.3 is 6.18 Å². The van der Waals surface area contributed by atoms with Crippen LogP contribution in [-0.4, -0.2) is 0 Å². The second kappa shape index (κ2) is 4.18. The summed E-state index contributed by atoms with van der Waals surface area (Å²) in [7, 11) is 0. The standard InChI is InChI=1S/C11H8F3N/c1-2-8-5-9(3-4-15)7-10(6-8)11(12,13)14/h2,5-7H,1,3H2. The zero-order valence-electron chi connectivity index (χ0n) is 7.80. The molecule has 1 rings (SSSR count). The van der Waals surface area contributed by atoms with Crippen LogP contribution in [0.5, 0.6) is 0 Å². The van der Waals surface area contributed by atoms with Crippen molar-refractivity contribution in [3.63, 3.8) is 0 Å². The molecular formula is C11H8F3N. The Kier molecular flexibility index (Phi) is 3.15. The minimum absolute atomic E-state index is 0.0369. The lowest BCUT2D eigenvalue weighted by Gasteiger charge is -2.09. The van der Waals surface area contributed by atoms with Gasteiger partial charge in [0.25, 0.3) is 0 Å². The Hall–Kier alpha value is -1.76. The average molecular weight is 211 g/mol. The van der Waals surface area contributed by atoms with Crippen molar-refractivity contribution in [3.05, 3.63) is 41.5 Å². The zero-order valence-corrected chi connectivity index (χ0v) is 7.80. The summed E-state index contributed by atoms with van der Waals surface area (Å²) in [4.78, 5) is 0.